The fraction of sp³-hybridized carbons (Fsp3) is 0.491. The van der Waals surface area contributed by atoms with Gasteiger partial charge in [-0.2, -0.15) is 13.0 Å². The highest BCUT2D eigenvalue weighted by atomic mass is 32.2. The molecule has 9 rings (SSSR count). The van der Waals surface area contributed by atoms with Crippen molar-refractivity contribution >= 4 is 64.5 Å². The minimum absolute atomic E-state index is 0.00246. The molecule has 5 heterocycles. The number of sulfonamides is 2. The van der Waals surface area contributed by atoms with Gasteiger partial charge in [0.2, 0.25) is 31.6 Å². The standard InChI is InChI=1S/C55H70N6O10S3/c1-54(2)45-33-38(13-21-47(45)60-29-24-49-43(52(54)60)36-44-50(71-49)25-30-61-48-22-20-42(74(67,68)69)35-46(48)55(3,4)53(44)61)34-51(62)56-26-9-7-8-10-27-59(28-23-37-11-14-39(15-12-37)57-72(5,63)64)31-32-70-41-18-16-40(17-19-41)58-73(6,65)66/h11-22,33,35,44,49-50,57-58H,7-10,23-32,34,36H2,1-6H3,(H-,56,62,67,68,69)/p+1. The molecule has 5 aliphatic heterocycles. The van der Waals surface area contributed by atoms with E-state index in [1.807, 2.05) is 18.2 Å². The number of allylic oxidation sites excluding steroid dienone is 1. The first kappa shape index (κ1) is 53.5. The smallest absolute Gasteiger partial charge is 0.294 e. The second kappa shape index (κ2) is 21.0. The molecule has 19 heteroatoms. The first-order chi connectivity index (χ1) is 34.9. The van der Waals surface area contributed by atoms with Crippen molar-refractivity contribution < 1.29 is 48.6 Å². The third-order valence-electron chi connectivity index (χ3n) is 15.5. The molecule has 398 valence electrons. The van der Waals surface area contributed by atoms with Crippen LogP contribution in [0.4, 0.5) is 22.7 Å². The van der Waals surface area contributed by atoms with Crippen molar-refractivity contribution in [1.82, 2.24) is 10.2 Å². The highest BCUT2D eigenvalue weighted by molar-refractivity contribution is 7.92. The van der Waals surface area contributed by atoms with Crippen LogP contribution in [-0.2, 0) is 63.4 Å². The van der Waals surface area contributed by atoms with Crippen LogP contribution in [0.15, 0.2) is 101 Å². The van der Waals surface area contributed by atoms with E-state index in [1.165, 1.54) is 34.3 Å². The predicted molar refractivity (Wildman–Crippen MR) is 290 cm³/mol. The number of carbonyl (C=O) groups is 1. The van der Waals surface area contributed by atoms with Gasteiger partial charge in [-0.15, -0.1) is 0 Å². The Morgan fingerprint density at radius 3 is 2.15 bits per heavy atom. The quantitative estimate of drug-likeness (QED) is 0.0364. The Kier molecular flexibility index (Phi) is 15.2. The Morgan fingerprint density at radius 2 is 1.46 bits per heavy atom. The van der Waals surface area contributed by atoms with Crippen LogP contribution < -0.4 is 24.4 Å². The molecule has 0 bridgehead atoms. The lowest BCUT2D eigenvalue weighted by molar-refractivity contribution is -0.453. The van der Waals surface area contributed by atoms with Crippen molar-refractivity contribution in [2.45, 2.75) is 113 Å². The zero-order valence-electron chi connectivity index (χ0n) is 43.3. The lowest BCUT2D eigenvalue weighted by Crippen LogP contribution is -2.53. The summed E-state index contributed by atoms with van der Waals surface area (Å²) in [7, 11) is -11.1. The molecular formula is C55H71N6O10S3+. The molecule has 1 amide bonds. The number of anilines is 3. The maximum absolute atomic E-state index is 13.4. The van der Waals surface area contributed by atoms with Crippen LogP contribution in [-0.4, -0.2) is 121 Å². The lowest BCUT2D eigenvalue weighted by atomic mass is 9.69. The molecule has 3 atom stereocenters. The zero-order chi connectivity index (χ0) is 52.8. The first-order valence-corrected chi connectivity index (χ1v) is 31.0. The molecular weight excluding hydrogens is 1000 g/mol. The number of nitrogens with one attached hydrogen (secondary N) is 3. The fourth-order valence-electron chi connectivity index (χ4n) is 12.2. The molecule has 0 radical (unpaired) electrons. The van der Waals surface area contributed by atoms with Crippen molar-refractivity contribution in [3.63, 3.8) is 0 Å². The molecule has 1 fully saturated rings. The molecule has 0 aromatic heterocycles. The summed E-state index contributed by atoms with van der Waals surface area (Å²) in [5.41, 5.74) is 10.5. The monoisotopic (exact) mass is 1070 g/mol. The summed E-state index contributed by atoms with van der Waals surface area (Å²) in [4.78, 5) is 18.1. The van der Waals surface area contributed by atoms with E-state index in [2.05, 4.69) is 75.0 Å². The molecule has 4 aromatic rings. The van der Waals surface area contributed by atoms with Crippen molar-refractivity contribution in [2.75, 3.05) is 72.7 Å². The zero-order valence-corrected chi connectivity index (χ0v) is 45.8. The number of hydrogen-bond donors (Lipinski definition) is 4. The van der Waals surface area contributed by atoms with Gasteiger partial charge in [-0.3, -0.25) is 23.7 Å². The Hall–Kier alpha value is -5.31. The van der Waals surface area contributed by atoms with Crippen LogP contribution in [0.3, 0.4) is 0 Å². The summed E-state index contributed by atoms with van der Waals surface area (Å²) < 4.78 is 101. The van der Waals surface area contributed by atoms with Gasteiger partial charge < -0.3 is 19.7 Å². The van der Waals surface area contributed by atoms with Crippen LogP contribution in [0.1, 0.15) is 94.9 Å². The average Bonchev–Trinajstić information content (AvgIpc) is 3.71. The number of nitrogens with zero attached hydrogens (tertiary/aromatic N) is 3. The number of hydrogen-bond acceptors (Lipinski definition) is 11. The highest BCUT2D eigenvalue weighted by Gasteiger charge is 2.57. The van der Waals surface area contributed by atoms with E-state index in [-0.39, 0.29) is 34.3 Å². The summed E-state index contributed by atoms with van der Waals surface area (Å²) in [5.74, 6) is 0.756. The van der Waals surface area contributed by atoms with Crippen LogP contribution in [0.25, 0.3) is 0 Å². The summed E-state index contributed by atoms with van der Waals surface area (Å²) >= 11 is 0. The molecule has 4 N–H and O–H groups in total. The molecule has 0 aliphatic carbocycles. The predicted octanol–water partition coefficient (Wildman–Crippen LogP) is 7.53. The first-order valence-electron chi connectivity index (χ1n) is 25.8. The van der Waals surface area contributed by atoms with E-state index in [9.17, 15) is 34.6 Å². The number of rotatable bonds is 21. The molecule has 4 aromatic carbocycles. The summed E-state index contributed by atoms with van der Waals surface area (Å²) in [6.07, 6.45) is 9.82. The van der Waals surface area contributed by atoms with Crippen molar-refractivity contribution in [1.29, 1.82) is 0 Å². The number of carbonyl (C=O) groups excluding carboxylic acids is 1. The molecule has 0 spiro atoms. The molecule has 74 heavy (non-hydrogen) atoms. The number of ether oxygens (including phenoxy) is 2. The largest absolute Gasteiger partial charge is 0.492 e. The Balaban J connectivity index is 0.771. The summed E-state index contributed by atoms with van der Waals surface area (Å²) in [6.45, 7) is 13.9. The second-order valence-electron chi connectivity index (χ2n) is 21.7. The minimum Gasteiger partial charge on any atom is -0.492 e. The molecule has 1 saturated heterocycles. The van der Waals surface area contributed by atoms with Gasteiger partial charge in [0.15, 0.2) is 12.3 Å². The number of amides is 1. The van der Waals surface area contributed by atoms with E-state index in [1.54, 1.807) is 42.5 Å². The van der Waals surface area contributed by atoms with E-state index in [0.717, 1.165) is 112 Å². The SMILES string of the molecule is CC1(C)C2=C3CC4C5=[N+](CCC4OC3CCN2c2ccc(CC(=O)NCCCCCCN(CCOc3ccc(NS(C)(=O)=O)cc3)CCc3ccc(NS(C)(=O)=O)cc3)cc21)c1ccc(S(=O)(=O)O)cc1C5(C)C. The average molecular weight is 1070 g/mol. The third kappa shape index (κ3) is 11.9. The highest BCUT2D eigenvalue weighted by Crippen LogP contribution is 2.56. The van der Waals surface area contributed by atoms with Gasteiger partial charge in [-0.1, -0.05) is 51.0 Å². The summed E-state index contributed by atoms with van der Waals surface area (Å²) in [6, 6.07) is 25.7. The summed E-state index contributed by atoms with van der Waals surface area (Å²) in [5, 5.41) is 3.17. The van der Waals surface area contributed by atoms with E-state index >= 15 is 0 Å². The van der Waals surface area contributed by atoms with Crippen molar-refractivity contribution in [3.8, 4) is 5.75 Å². The lowest BCUT2D eigenvalue weighted by Gasteiger charge is -2.46. The Labute approximate surface area is 437 Å². The van der Waals surface area contributed by atoms with Crippen LogP contribution in [0.5, 0.6) is 5.75 Å². The van der Waals surface area contributed by atoms with Gasteiger partial charge in [0.1, 0.15) is 12.4 Å². The van der Waals surface area contributed by atoms with Crippen LogP contribution in [0, 0.1) is 5.92 Å². The van der Waals surface area contributed by atoms with Crippen LogP contribution in [0.2, 0.25) is 0 Å². The molecule has 3 unspecified atom stereocenters. The van der Waals surface area contributed by atoms with Crippen LogP contribution >= 0.6 is 0 Å². The van der Waals surface area contributed by atoms with Gasteiger partial charge in [-0.25, -0.2) is 16.8 Å². The van der Waals surface area contributed by atoms with Gasteiger partial charge in [0.05, 0.1) is 47.4 Å². The van der Waals surface area contributed by atoms with Gasteiger partial charge >= 0.3 is 0 Å². The van der Waals surface area contributed by atoms with Gasteiger partial charge in [0, 0.05) is 72.4 Å². The number of benzene rings is 4. The second-order valence-corrected chi connectivity index (χ2v) is 26.6. The molecule has 0 saturated carbocycles. The van der Waals surface area contributed by atoms with E-state index < -0.39 is 35.6 Å². The maximum Gasteiger partial charge on any atom is 0.294 e. The topological polar surface area (TPSA) is 204 Å². The molecule has 5 aliphatic rings. The Bertz CT molecular complexity index is 3190. The Morgan fingerprint density at radius 1 is 0.784 bits per heavy atom. The number of unbranched alkanes of at least 4 members (excludes halogenated alkanes) is 3. The normalized spacial score (nSPS) is 20.5. The van der Waals surface area contributed by atoms with E-state index in [0.29, 0.717) is 43.2 Å². The molecule has 16 nitrogen and oxygen atoms in total. The maximum atomic E-state index is 13.4. The fourth-order valence-corrected chi connectivity index (χ4v) is 13.8. The third-order valence-corrected chi connectivity index (χ3v) is 17.5. The van der Waals surface area contributed by atoms with Gasteiger partial charge in [-0.05, 0) is 129 Å². The number of fused-ring (bicyclic) bond motifs is 8. The van der Waals surface area contributed by atoms with E-state index in [4.69, 9.17) is 9.47 Å². The van der Waals surface area contributed by atoms with Crippen molar-refractivity contribution in [3.05, 3.63) is 118 Å². The van der Waals surface area contributed by atoms with Crippen molar-refractivity contribution in [2.24, 2.45) is 5.92 Å². The van der Waals surface area contributed by atoms with Gasteiger partial charge in [0.25, 0.3) is 10.1 Å². The minimum atomic E-state index is -4.35.